The van der Waals surface area contributed by atoms with Gasteiger partial charge in [-0.3, -0.25) is 10.1 Å². The molecule has 9 nitrogen and oxygen atoms in total. The van der Waals surface area contributed by atoms with E-state index in [1.807, 2.05) is 121 Å². The standard InChI is InChI=1S/C40H45NO8/c42-41(43)34-23-13-14-24-35(34)48-40-39(47-28-33-21-11-4-12-22-33)38(46-27-32-19-9-3-10-20-32)37(45-26-31-17-7-2-8-18-31)36(49-40)29-44-25-30-15-5-1-6-16-30/h1-12,15-22,34-40H,13-14,23-29H2/t34-,35+,36+,37+,38-,39+,40-/m0/s1. The third-order valence-electron chi connectivity index (χ3n) is 9.09. The number of hydrogen-bond donors (Lipinski definition) is 0. The van der Waals surface area contributed by atoms with Crippen LogP contribution >= 0.6 is 0 Å². The second-order valence-corrected chi connectivity index (χ2v) is 12.6. The molecular weight excluding hydrogens is 622 g/mol. The summed E-state index contributed by atoms with van der Waals surface area (Å²) in [6, 6.07) is 38.9. The largest absolute Gasteiger partial charge is 0.374 e. The molecule has 4 aromatic carbocycles. The molecule has 258 valence electrons. The van der Waals surface area contributed by atoms with Crippen LogP contribution in [0.5, 0.6) is 0 Å². The van der Waals surface area contributed by atoms with E-state index in [1.165, 1.54) is 0 Å². The minimum absolute atomic E-state index is 0.189. The molecule has 49 heavy (non-hydrogen) atoms. The van der Waals surface area contributed by atoms with Gasteiger partial charge in [-0.15, -0.1) is 0 Å². The van der Waals surface area contributed by atoms with Crippen LogP contribution in [0, 0.1) is 10.1 Å². The van der Waals surface area contributed by atoms with Gasteiger partial charge in [0, 0.05) is 11.3 Å². The summed E-state index contributed by atoms with van der Waals surface area (Å²) < 4.78 is 39.7. The van der Waals surface area contributed by atoms with E-state index in [1.54, 1.807) is 0 Å². The molecular formula is C40H45NO8. The molecule has 0 bridgehead atoms. The van der Waals surface area contributed by atoms with Crippen molar-refractivity contribution in [2.75, 3.05) is 6.61 Å². The Hall–Kier alpha value is -3.96. The average Bonchev–Trinajstić information content (AvgIpc) is 3.15. The van der Waals surface area contributed by atoms with Gasteiger partial charge in [0.15, 0.2) is 6.29 Å². The first kappa shape index (κ1) is 34.9. The molecule has 1 aliphatic heterocycles. The van der Waals surface area contributed by atoms with Crippen molar-refractivity contribution < 1.29 is 33.3 Å². The van der Waals surface area contributed by atoms with Crippen molar-refractivity contribution in [3.63, 3.8) is 0 Å². The maximum atomic E-state index is 12.1. The third kappa shape index (κ3) is 10.0. The lowest BCUT2D eigenvalue weighted by Gasteiger charge is -2.47. The predicted octanol–water partition coefficient (Wildman–Crippen LogP) is 7.29. The molecule has 4 aromatic rings. The summed E-state index contributed by atoms with van der Waals surface area (Å²) in [5.74, 6) is 0. The fourth-order valence-electron chi connectivity index (χ4n) is 6.51. The van der Waals surface area contributed by atoms with Crippen LogP contribution in [0.15, 0.2) is 121 Å². The lowest BCUT2D eigenvalue weighted by Crippen LogP contribution is -2.62. The molecule has 1 heterocycles. The highest BCUT2D eigenvalue weighted by molar-refractivity contribution is 5.16. The summed E-state index contributed by atoms with van der Waals surface area (Å²) in [4.78, 5) is 11.9. The van der Waals surface area contributed by atoms with Crippen LogP contribution in [0.1, 0.15) is 47.9 Å². The van der Waals surface area contributed by atoms with Gasteiger partial charge in [-0.25, -0.2) is 0 Å². The highest BCUT2D eigenvalue weighted by Gasteiger charge is 2.51. The first-order valence-corrected chi connectivity index (χ1v) is 17.2. The second kappa shape index (κ2) is 18.2. The molecule has 0 spiro atoms. The van der Waals surface area contributed by atoms with Gasteiger partial charge in [0.25, 0.3) is 0 Å². The van der Waals surface area contributed by atoms with Gasteiger partial charge in [0.05, 0.1) is 33.0 Å². The van der Waals surface area contributed by atoms with Crippen LogP contribution < -0.4 is 0 Å². The lowest BCUT2D eigenvalue weighted by atomic mass is 9.92. The Morgan fingerprint density at radius 3 is 1.55 bits per heavy atom. The Morgan fingerprint density at radius 1 is 0.592 bits per heavy atom. The first-order valence-electron chi connectivity index (χ1n) is 17.2. The zero-order valence-corrected chi connectivity index (χ0v) is 27.7. The Balaban J connectivity index is 1.32. The number of nitro groups is 1. The van der Waals surface area contributed by atoms with Gasteiger partial charge in [0.2, 0.25) is 6.04 Å². The van der Waals surface area contributed by atoms with E-state index in [0.29, 0.717) is 32.7 Å². The molecule has 6 rings (SSSR count). The summed E-state index contributed by atoms with van der Waals surface area (Å²) in [5.41, 5.74) is 4.00. The highest BCUT2D eigenvalue weighted by atomic mass is 16.7. The molecule has 0 unspecified atom stereocenters. The monoisotopic (exact) mass is 667 g/mol. The lowest BCUT2D eigenvalue weighted by molar-refractivity contribution is -0.543. The van der Waals surface area contributed by atoms with Crippen molar-refractivity contribution in [2.24, 2.45) is 0 Å². The number of ether oxygens (including phenoxy) is 6. The van der Waals surface area contributed by atoms with Crippen molar-refractivity contribution in [2.45, 2.75) is 95.0 Å². The Morgan fingerprint density at radius 2 is 1.04 bits per heavy atom. The molecule has 1 saturated carbocycles. The van der Waals surface area contributed by atoms with Crippen molar-refractivity contribution in [1.29, 1.82) is 0 Å². The van der Waals surface area contributed by atoms with E-state index in [0.717, 1.165) is 35.1 Å². The van der Waals surface area contributed by atoms with E-state index in [9.17, 15) is 10.1 Å². The van der Waals surface area contributed by atoms with Crippen LogP contribution in [-0.2, 0) is 54.8 Å². The van der Waals surface area contributed by atoms with Gasteiger partial charge in [0.1, 0.15) is 30.5 Å². The first-order chi connectivity index (χ1) is 24.1. The number of benzene rings is 4. The van der Waals surface area contributed by atoms with Crippen molar-refractivity contribution in [3.8, 4) is 0 Å². The second-order valence-electron chi connectivity index (χ2n) is 12.6. The summed E-state index contributed by atoms with van der Waals surface area (Å²) in [6.45, 7) is 1.45. The van der Waals surface area contributed by atoms with Gasteiger partial charge in [-0.2, -0.15) is 0 Å². The quantitative estimate of drug-likeness (QED) is 0.0908. The molecule has 0 amide bonds. The highest BCUT2D eigenvalue weighted by Crippen LogP contribution is 2.34. The summed E-state index contributed by atoms with van der Waals surface area (Å²) in [5, 5.41) is 12.1. The zero-order valence-electron chi connectivity index (χ0n) is 27.7. The maximum absolute atomic E-state index is 12.1. The van der Waals surface area contributed by atoms with Crippen molar-refractivity contribution in [1.82, 2.24) is 0 Å². The molecule has 0 aromatic heterocycles. The van der Waals surface area contributed by atoms with Gasteiger partial charge < -0.3 is 28.4 Å². The average molecular weight is 668 g/mol. The Kier molecular flexibility index (Phi) is 12.9. The van der Waals surface area contributed by atoms with E-state index in [-0.39, 0.29) is 18.1 Å². The Bertz CT molecular complexity index is 1530. The summed E-state index contributed by atoms with van der Waals surface area (Å²) >= 11 is 0. The van der Waals surface area contributed by atoms with E-state index < -0.39 is 42.9 Å². The maximum Gasteiger partial charge on any atom is 0.238 e. The summed E-state index contributed by atoms with van der Waals surface area (Å²) in [6.07, 6.45) is -1.58. The SMILES string of the molecule is O=[N+]([O-])[C@H]1CCCC[C@H]1O[C@H]1O[C@H](COCc2ccccc2)[C@@H](OCc2ccccc2)[C@H](OCc2ccccc2)[C@H]1OCc1ccccc1. The van der Waals surface area contributed by atoms with Crippen LogP contribution in [0.2, 0.25) is 0 Å². The summed E-state index contributed by atoms with van der Waals surface area (Å²) in [7, 11) is 0. The minimum atomic E-state index is -0.961. The molecule has 9 heteroatoms. The molecule has 2 aliphatic rings. The predicted molar refractivity (Wildman–Crippen MR) is 184 cm³/mol. The fourth-order valence-corrected chi connectivity index (χ4v) is 6.51. The van der Waals surface area contributed by atoms with Crippen LogP contribution in [0.4, 0.5) is 0 Å². The van der Waals surface area contributed by atoms with E-state index in [2.05, 4.69) is 0 Å². The smallest absolute Gasteiger partial charge is 0.238 e. The van der Waals surface area contributed by atoms with Crippen molar-refractivity contribution in [3.05, 3.63) is 154 Å². The topological polar surface area (TPSA) is 98.5 Å². The van der Waals surface area contributed by atoms with Crippen LogP contribution in [-0.4, -0.2) is 54.4 Å². The fraction of sp³-hybridized carbons (Fsp3) is 0.400. The normalized spacial score (nSPS) is 25.5. The van der Waals surface area contributed by atoms with E-state index in [4.69, 9.17) is 28.4 Å². The van der Waals surface area contributed by atoms with Crippen LogP contribution in [0.3, 0.4) is 0 Å². The third-order valence-corrected chi connectivity index (χ3v) is 9.09. The molecule has 1 aliphatic carbocycles. The van der Waals surface area contributed by atoms with Gasteiger partial charge in [-0.1, -0.05) is 128 Å². The van der Waals surface area contributed by atoms with Crippen LogP contribution in [0.25, 0.3) is 0 Å². The van der Waals surface area contributed by atoms with Gasteiger partial charge in [-0.05, 0) is 35.1 Å². The van der Waals surface area contributed by atoms with Gasteiger partial charge >= 0.3 is 0 Å². The Labute approximate surface area is 288 Å². The molecule has 7 atom stereocenters. The minimum Gasteiger partial charge on any atom is -0.374 e. The zero-order chi connectivity index (χ0) is 33.7. The molecule has 0 radical (unpaired) electrons. The number of rotatable bonds is 16. The molecule has 1 saturated heterocycles. The van der Waals surface area contributed by atoms with Crippen molar-refractivity contribution >= 4 is 0 Å². The molecule has 2 fully saturated rings. The molecule has 0 N–H and O–H groups in total. The van der Waals surface area contributed by atoms with E-state index >= 15 is 0 Å². The number of nitrogens with zero attached hydrogens (tertiary/aromatic N) is 1. The number of hydrogen-bond acceptors (Lipinski definition) is 8.